The molecule has 0 bridgehead atoms. The fraction of sp³-hybridized carbons (Fsp3) is 0.167. The predicted molar refractivity (Wildman–Crippen MR) is 82.0 cm³/mol. The molecule has 0 fully saturated rings. The first kappa shape index (κ1) is 14.3. The van der Waals surface area contributed by atoms with Crippen molar-refractivity contribution in [1.29, 1.82) is 0 Å². The van der Waals surface area contributed by atoms with E-state index < -0.39 is 0 Å². The number of carbonyl (C=O) groups is 1. The van der Waals surface area contributed by atoms with Gasteiger partial charge in [0.25, 0.3) is 5.91 Å². The van der Waals surface area contributed by atoms with E-state index in [0.29, 0.717) is 22.9 Å². The van der Waals surface area contributed by atoms with E-state index in [9.17, 15) is 4.79 Å². The van der Waals surface area contributed by atoms with Crippen molar-refractivity contribution in [2.45, 2.75) is 6.54 Å². The molecule has 2 N–H and O–H groups in total. The number of aromatic nitrogens is 1. The van der Waals surface area contributed by atoms with Gasteiger partial charge in [-0.3, -0.25) is 4.79 Å². The van der Waals surface area contributed by atoms with Gasteiger partial charge in [-0.2, -0.15) is 0 Å². The molecular formula is C12H11BrClN3OS. The number of halogens is 2. The Hall–Kier alpha value is -1.11. The summed E-state index contributed by atoms with van der Waals surface area (Å²) in [5.74, 6) is 0.363. The van der Waals surface area contributed by atoms with Gasteiger partial charge >= 0.3 is 0 Å². The van der Waals surface area contributed by atoms with Crippen LogP contribution in [0.3, 0.4) is 0 Å². The molecule has 0 aromatic carbocycles. The van der Waals surface area contributed by atoms with Gasteiger partial charge in [-0.05, 0) is 34.1 Å². The van der Waals surface area contributed by atoms with Gasteiger partial charge in [0.2, 0.25) is 0 Å². The summed E-state index contributed by atoms with van der Waals surface area (Å²) in [5.41, 5.74) is 0.444. The molecule has 0 aliphatic rings. The lowest BCUT2D eigenvalue weighted by Gasteiger charge is -2.06. The fourth-order valence-corrected chi connectivity index (χ4v) is 3.15. The lowest BCUT2D eigenvalue weighted by molar-refractivity contribution is 0.0951. The van der Waals surface area contributed by atoms with Gasteiger partial charge in [-0.15, -0.1) is 11.3 Å². The Bertz CT molecular complexity index is 602. The number of thiophene rings is 1. The van der Waals surface area contributed by atoms with Crippen LogP contribution in [0.1, 0.15) is 15.2 Å². The highest BCUT2D eigenvalue weighted by Gasteiger charge is 2.09. The largest absolute Gasteiger partial charge is 0.372 e. The molecule has 0 atom stereocenters. The van der Waals surface area contributed by atoms with E-state index in [2.05, 4.69) is 31.5 Å². The Morgan fingerprint density at radius 2 is 2.32 bits per heavy atom. The van der Waals surface area contributed by atoms with Crippen LogP contribution in [0.25, 0.3) is 0 Å². The molecule has 2 aromatic rings. The molecule has 1 amide bonds. The normalized spacial score (nSPS) is 10.3. The van der Waals surface area contributed by atoms with Crippen LogP contribution in [0.4, 0.5) is 5.82 Å². The van der Waals surface area contributed by atoms with Crippen LogP contribution in [0.15, 0.2) is 28.2 Å². The van der Waals surface area contributed by atoms with Gasteiger partial charge in [0.05, 0.1) is 20.9 Å². The van der Waals surface area contributed by atoms with Gasteiger partial charge < -0.3 is 10.6 Å². The maximum Gasteiger partial charge on any atom is 0.253 e. The molecule has 2 heterocycles. The second-order valence-corrected chi connectivity index (χ2v) is 6.65. The zero-order chi connectivity index (χ0) is 13.8. The van der Waals surface area contributed by atoms with Crippen LogP contribution in [-0.4, -0.2) is 17.9 Å². The van der Waals surface area contributed by atoms with Crippen molar-refractivity contribution in [3.8, 4) is 0 Å². The van der Waals surface area contributed by atoms with Crippen molar-refractivity contribution in [3.05, 3.63) is 43.6 Å². The molecule has 2 aromatic heterocycles. The van der Waals surface area contributed by atoms with Crippen LogP contribution >= 0.6 is 38.9 Å². The topological polar surface area (TPSA) is 54.0 Å². The number of hydrogen-bond donors (Lipinski definition) is 2. The molecule has 0 unspecified atom stereocenters. The van der Waals surface area contributed by atoms with Crippen LogP contribution in [0, 0.1) is 0 Å². The average molecular weight is 361 g/mol. The molecule has 19 heavy (non-hydrogen) atoms. The van der Waals surface area contributed by atoms with Crippen molar-refractivity contribution >= 4 is 50.6 Å². The molecule has 0 aliphatic heterocycles. The molecule has 7 heteroatoms. The highest BCUT2D eigenvalue weighted by Crippen LogP contribution is 2.22. The van der Waals surface area contributed by atoms with Gasteiger partial charge in [0.15, 0.2) is 0 Å². The lowest BCUT2D eigenvalue weighted by Crippen LogP contribution is -2.22. The van der Waals surface area contributed by atoms with E-state index in [-0.39, 0.29) is 5.91 Å². The Morgan fingerprint density at radius 3 is 2.89 bits per heavy atom. The second kappa shape index (κ2) is 6.36. The smallest absolute Gasteiger partial charge is 0.253 e. The van der Waals surface area contributed by atoms with Crippen LogP contribution in [0.2, 0.25) is 5.02 Å². The molecule has 0 aliphatic carbocycles. The van der Waals surface area contributed by atoms with Crippen LogP contribution in [-0.2, 0) is 6.54 Å². The summed E-state index contributed by atoms with van der Waals surface area (Å²) in [6.45, 7) is 0.487. The Kier molecular flexibility index (Phi) is 4.79. The standard InChI is InChI=1S/C12H11BrClN3OS/c1-15-11-9(14)4-7(5-16-11)12(18)17-6-8-2-3-10(13)19-8/h2-5H,6H2,1H3,(H,15,16)(H,17,18). The monoisotopic (exact) mass is 359 g/mol. The minimum Gasteiger partial charge on any atom is -0.372 e. The molecule has 0 radical (unpaired) electrons. The van der Waals surface area contributed by atoms with Crippen molar-refractivity contribution < 1.29 is 4.79 Å². The number of carbonyl (C=O) groups excluding carboxylic acids is 1. The minimum atomic E-state index is -0.193. The summed E-state index contributed by atoms with van der Waals surface area (Å²) in [5, 5.41) is 6.09. The zero-order valence-corrected chi connectivity index (χ0v) is 13.2. The van der Waals surface area contributed by atoms with Gasteiger partial charge in [-0.25, -0.2) is 4.98 Å². The molecule has 0 spiro atoms. The summed E-state index contributed by atoms with van der Waals surface area (Å²) >= 11 is 11.0. The first-order valence-corrected chi connectivity index (χ1v) is 7.44. The highest BCUT2D eigenvalue weighted by atomic mass is 79.9. The lowest BCUT2D eigenvalue weighted by atomic mass is 10.2. The summed E-state index contributed by atoms with van der Waals surface area (Å²) in [7, 11) is 1.72. The second-order valence-electron chi connectivity index (χ2n) is 3.69. The highest BCUT2D eigenvalue weighted by molar-refractivity contribution is 9.11. The van der Waals surface area contributed by atoms with Crippen LogP contribution < -0.4 is 10.6 Å². The van der Waals surface area contributed by atoms with Crippen molar-refractivity contribution in [2.24, 2.45) is 0 Å². The third kappa shape index (κ3) is 3.68. The number of amides is 1. The van der Waals surface area contributed by atoms with E-state index in [1.54, 1.807) is 24.5 Å². The quantitative estimate of drug-likeness (QED) is 0.877. The SMILES string of the molecule is CNc1ncc(C(=O)NCc2ccc(Br)s2)cc1Cl. The van der Waals surface area contributed by atoms with Gasteiger partial charge in [0.1, 0.15) is 5.82 Å². The van der Waals surface area contributed by atoms with E-state index in [1.807, 2.05) is 12.1 Å². The molecule has 0 saturated carbocycles. The first-order chi connectivity index (χ1) is 9.10. The number of nitrogens with zero attached hydrogens (tertiary/aromatic N) is 1. The van der Waals surface area contributed by atoms with Gasteiger partial charge in [-0.1, -0.05) is 11.6 Å². The Morgan fingerprint density at radius 1 is 1.53 bits per heavy atom. The molecular weight excluding hydrogens is 350 g/mol. The number of rotatable bonds is 4. The third-order valence-corrected chi connectivity index (χ3v) is 4.30. The van der Waals surface area contributed by atoms with Crippen LogP contribution in [0.5, 0.6) is 0 Å². The predicted octanol–water partition coefficient (Wildman–Crippen LogP) is 3.53. The van der Waals surface area contributed by atoms with E-state index in [4.69, 9.17) is 11.6 Å². The summed E-state index contributed by atoms with van der Waals surface area (Å²) in [4.78, 5) is 17.1. The number of pyridine rings is 1. The number of hydrogen-bond acceptors (Lipinski definition) is 4. The molecule has 4 nitrogen and oxygen atoms in total. The molecule has 100 valence electrons. The summed E-state index contributed by atoms with van der Waals surface area (Å²) in [6, 6.07) is 5.51. The van der Waals surface area contributed by atoms with E-state index in [0.717, 1.165) is 8.66 Å². The van der Waals surface area contributed by atoms with Crippen molar-refractivity contribution in [3.63, 3.8) is 0 Å². The van der Waals surface area contributed by atoms with E-state index >= 15 is 0 Å². The third-order valence-electron chi connectivity index (χ3n) is 2.39. The van der Waals surface area contributed by atoms with Crippen molar-refractivity contribution in [1.82, 2.24) is 10.3 Å². The summed E-state index contributed by atoms with van der Waals surface area (Å²) < 4.78 is 1.04. The number of nitrogens with one attached hydrogen (secondary N) is 2. The van der Waals surface area contributed by atoms with Gasteiger partial charge in [0, 0.05) is 18.1 Å². The Balaban J connectivity index is 2.01. The van der Waals surface area contributed by atoms with E-state index in [1.165, 1.54) is 6.20 Å². The first-order valence-electron chi connectivity index (χ1n) is 5.46. The fourth-order valence-electron chi connectivity index (χ4n) is 1.46. The summed E-state index contributed by atoms with van der Waals surface area (Å²) in [6.07, 6.45) is 1.50. The number of anilines is 1. The van der Waals surface area contributed by atoms with Crippen molar-refractivity contribution in [2.75, 3.05) is 12.4 Å². The maximum absolute atomic E-state index is 11.9. The molecule has 0 saturated heterocycles. The molecule has 2 rings (SSSR count). The Labute approximate surface area is 128 Å². The average Bonchev–Trinajstić information content (AvgIpc) is 2.81. The zero-order valence-electron chi connectivity index (χ0n) is 10.0. The minimum absolute atomic E-state index is 0.193. The maximum atomic E-state index is 11.9.